The van der Waals surface area contributed by atoms with Gasteiger partial charge in [-0.05, 0) is 48.2 Å². The van der Waals surface area contributed by atoms with Gasteiger partial charge in [-0.15, -0.1) is 0 Å². The van der Waals surface area contributed by atoms with Gasteiger partial charge in [0.15, 0.2) is 5.41 Å². The molecule has 23 heavy (non-hydrogen) atoms. The molecule has 120 valence electrons. The average Bonchev–Trinajstić information content (AvgIpc) is 2.50. The maximum Gasteiger partial charge on any atom is 0.321 e. The summed E-state index contributed by atoms with van der Waals surface area (Å²) in [5.74, 6) is -2.75. The van der Waals surface area contributed by atoms with Crippen molar-refractivity contribution in [3.05, 3.63) is 59.7 Å². The van der Waals surface area contributed by atoms with E-state index in [9.17, 15) is 19.8 Å². The molecule has 0 fully saturated rings. The highest BCUT2D eigenvalue weighted by atomic mass is 16.4. The number of hydrogen-bond acceptors (Lipinski definition) is 4. The van der Waals surface area contributed by atoms with Crippen LogP contribution in [-0.4, -0.2) is 22.2 Å². The highest BCUT2D eigenvalue weighted by Crippen LogP contribution is 2.30. The molecular weight excluding hydrogens is 296 g/mol. The fourth-order valence-corrected chi connectivity index (χ4v) is 2.42. The number of benzene rings is 2. The van der Waals surface area contributed by atoms with Crippen LogP contribution in [0.15, 0.2) is 48.5 Å². The number of rotatable bonds is 6. The fourth-order valence-electron chi connectivity index (χ4n) is 2.42. The second kappa shape index (κ2) is 6.39. The van der Waals surface area contributed by atoms with E-state index in [2.05, 4.69) is 0 Å². The molecule has 0 bridgehead atoms. The third-order valence-electron chi connectivity index (χ3n) is 3.79. The Morgan fingerprint density at radius 1 is 0.739 bits per heavy atom. The summed E-state index contributed by atoms with van der Waals surface area (Å²) in [7, 11) is 0. The topological polar surface area (TPSA) is 127 Å². The molecular formula is C17H18N2O4. The van der Waals surface area contributed by atoms with Crippen molar-refractivity contribution in [1.29, 1.82) is 0 Å². The predicted octanol–water partition coefficient (Wildman–Crippen LogP) is 1.79. The SMILES string of the molecule is Nc1ccc(CC(Cc2ccc(N)cc2)(C(=O)O)C(=O)O)cc1. The van der Waals surface area contributed by atoms with Gasteiger partial charge in [-0.1, -0.05) is 24.3 Å². The summed E-state index contributed by atoms with van der Waals surface area (Å²) in [5.41, 5.74) is 11.5. The molecule has 2 aromatic rings. The van der Waals surface area contributed by atoms with E-state index in [1.807, 2.05) is 0 Å². The maximum absolute atomic E-state index is 11.8. The van der Waals surface area contributed by atoms with Gasteiger partial charge >= 0.3 is 11.9 Å². The van der Waals surface area contributed by atoms with Crippen molar-refractivity contribution in [1.82, 2.24) is 0 Å². The van der Waals surface area contributed by atoms with Gasteiger partial charge in [0.25, 0.3) is 0 Å². The van der Waals surface area contributed by atoms with E-state index in [1.54, 1.807) is 48.5 Å². The van der Waals surface area contributed by atoms with Crippen molar-refractivity contribution in [3.63, 3.8) is 0 Å². The molecule has 0 aromatic heterocycles. The first-order valence-corrected chi connectivity index (χ1v) is 6.99. The minimum absolute atomic E-state index is 0.137. The summed E-state index contributed by atoms with van der Waals surface area (Å²) in [6.07, 6.45) is -0.273. The molecule has 6 nitrogen and oxygen atoms in total. The second-order valence-electron chi connectivity index (χ2n) is 5.53. The highest BCUT2D eigenvalue weighted by molar-refractivity contribution is 5.99. The molecule has 6 heteroatoms. The Morgan fingerprint density at radius 2 is 1.04 bits per heavy atom. The first-order chi connectivity index (χ1) is 10.8. The van der Waals surface area contributed by atoms with Crippen LogP contribution in [0.5, 0.6) is 0 Å². The number of nitrogens with two attached hydrogens (primary N) is 2. The van der Waals surface area contributed by atoms with Crippen molar-refractivity contribution < 1.29 is 19.8 Å². The molecule has 2 aromatic carbocycles. The maximum atomic E-state index is 11.8. The minimum atomic E-state index is -1.95. The van der Waals surface area contributed by atoms with E-state index in [4.69, 9.17) is 11.5 Å². The van der Waals surface area contributed by atoms with Crippen LogP contribution in [0, 0.1) is 5.41 Å². The molecule has 0 aliphatic heterocycles. The van der Waals surface area contributed by atoms with Gasteiger partial charge in [-0.3, -0.25) is 9.59 Å². The van der Waals surface area contributed by atoms with Crippen LogP contribution in [0.4, 0.5) is 11.4 Å². The Labute approximate surface area is 133 Å². The number of hydrogen-bond donors (Lipinski definition) is 4. The van der Waals surface area contributed by atoms with Gasteiger partial charge in [0.05, 0.1) is 0 Å². The molecule has 0 unspecified atom stereocenters. The van der Waals surface area contributed by atoms with E-state index in [1.165, 1.54) is 0 Å². The standard InChI is InChI=1S/C17H18N2O4/c18-13-5-1-11(2-6-13)9-17(15(20)21,16(22)23)10-12-3-7-14(19)8-4-12/h1-8H,9-10,18-19H2,(H,20,21)(H,22,23). The first kappa shape index (κ1) is 16.4. The Hall–Kier alpha value is -3.02. The van der Waals surface area contributed by atoms with Gasteiger partial charge in [-0.25, -0.2) is 0 Å². The smallest absolute Gasteiger partial charge is 0.321 e. The van der Waals surface area contributed by atoms with Crippen molar-refractivity contribution in [2.75, 3.05) is 11.5 Å². The van der Waals surface area contributed by atoms with Crippen molar-refractivity contribution in [3.8, 4) is 0 Å². The third-order valence-corrected chi connectivity index (χ3v) is 3.79. The molecule has 0 aliphatic carbocycles. The van der Waals surface area contributed by atoms with Crippen molar-refractivity contribution in [2.24, 2.45) is 5.41 Å². The van der Waals surface area contributed by atoms with Gasteiger partial charge < -0.3 is 21.7 Å². The summed E-state index contributed by atoms with van der Waals surface area (Å²) in [4.78, 5) is 23.6. The van der Waals surface area contributed by atoms with Crippen LogP contribution in [-0.2, 0) is 22.4 Å². The Morgan fingerprint density at radius 3 is 1.30 bits per heavy atom. The van der Waals surface area contributed by atoms with Crippen LogP contribution in [0.3, 0.4) is 0 Å². The Balaban J connectivity index is 2.38. The lowest BCUT2D eigenvalue weighted by atomic mass is 9.76. The predicted molar refractivity (Wildman–Crippen MR) is 86.8 cm³/mol. The molecule has 0 saturated heterocycles. The van der Waals surface area contributed by atoms with Gasteiger partial charge in [0, 0.05) is 11.4 Å². The van der Waals surface area contributed by atoms with Gasteiger partial charge in [0.1, 0.15) is 0 Å². The molecule has 2 rings (SSSR count). The quantitative estimate of drug-likeness (QED) is 0.475. The van der Waals surface area contributed by atoms with E-state index < -0.39 is 17.4 Å². The normalized spacial score (nSPS) is 11.1. The number of nitrogen functional groups attached to an aromatic ring is 2. The van der Waals surface area contributed by atoms with Crippen LogP contribution >= 0.6 is 0 Å². The largest absolute Gasteiger partial charge is 0.480 e. The first-order valence-electron chi connectivity index (χ1n) is 6.99. The lowest BCUT2D eigenvalue weighted by Crippen LogP contribution is -2.43. The number of carbonyl (C=O) groups is 2. The van der Waals surface area contributed by atoms with Crippen molar-refractivity contribution >= 4 is 23.3 Å². The zero-order valence-electron chi connectivity index (χ0n) is 12.4. The van der Waals surface area contributed by atoms with Gasteiger partial charge in [0.2, 0.25) is 0 Å². The summed E-state index contributed by atoms with van der Waals surface area (Å²) in [5, 5.41) is 19.2. The highest BCUT2D eigenvalue weighted by Gasteiger charge is 2.46. The zero-order chi connectivity index (χ0) is 17.0. The van der Waals surface area contributed by atoms with E-state index in [-0.39, 0.29) is 12.8 Å². The zero-order valence-corrected chi connectivity index (χ0v) is 12.4. The number of aliphatic carboxylic acids is 2. The van der Waals surface area contributed by atoms with Crippen LogP contribution in [0.1, 0.15) is 11.1 Å². The number of anilines is 2. The van der Waals surface area contributed by atoms with Crippen LogP contribution < -0.4 is 11.5 Å². The van der Waals surface area contributed by atoms with E-state index >= 15 is 0 Å². The van der Waals surface area contributed by atoms with Gasteiger partial charge in [-0.2, -0.15) is 0 Å². The summed E-state index contributed by atoms with van der Waals surface area (Å²) in [6, 6.07) is 13.0. The van der Waals surface area contributed by atoms with E-state index in [0.717, 1.165) is 0 Å². The molecule has 0 saturated carbocycles. The Bertz CT molecular complexity index is 645. The number of carboxylic acids is 2. The van der Waals surface area contributed by atoms with Crippen molar-refractivity contribution in [2.45, 2.75) is 12.8 Å². The Kier molecular flexibility index (Phi) is 4.55. The third kappa shape index (κ3) is 3.60. The van der Waals surface area contributed by atoms with E-state index in [0.29, 0.717) is 22.5 Å². The summed E-state index contributed by atoms with van der Waals surface area (Å²) in [6.45, 7) is 0. The van der Waals surface area contributed by atoms with Crippen LogP contribution in [0.2, 0.25) is 0 Å². The molecule has 0 amide bonds. The molecule has 0 aliphatic rings. The molecule has 0 atom stereocenters. The lowest BCUT2D eigenvalue weighted by molar-refractivity contribution is -0.164. The minimum Gasteiger partial charge on any atom is -0.480 e. The summed E-state index contributed by atoms with van der Waals surface area (Å²) >= 11 is 0. The summed E-state index contributed by atoms with van der Waals surface area (Å²) < 4.78 is 0. The fraction of sp³-hybridized carbons (Fsp3) is 0.176. The molecule has 6 N–H and O–H groups in total. The second-order valence-corrected chi connectivity index (χ2v) is 5.53. The number of carboxylic acid groups (broad SMARTS) is 2. The molecule has 0 heterocycles. The lowest BCUT2D eigenvalue weighted by Gasteiger charge is -2.25. The molecule has 0 spiro atoms. The monoisotopic (exact) mass is 314 g/mol. The average molecular weight is 314 g/mol. The molecule has 0 radical (unpaired) electrons. The van der Waals surface area contributed by atoms with Crippen LogP contribution in [0.25, 0.3) is 0 Å².